The third-order valence-corrected chi connectivity index (χ3v) is 7.19. The van der Waals surface area contributed by atoms with Crippen LogP contribution in [0.5, 0.6) is 0 Å². The van der Waals surface area contributed by atoms with Crippen LogP contribution in [-0.2, 0) is 0 Å². The van der Waals surface area contributed by atoms with Gasteiger partial charge in [0.2, 0.25) is 0 Å². The molecule has 0 aliphatic carbocycles. The quantitative estimate of drug-likeness (QED) is 0.546. The Balaban J connectivity index is -0.000000245. The van der Waals surface area contributed by atoms with Crippen LogP contribution in [0.2, 0.25) is 0 Å². The number of aromatic nitrogens is 3. The molecule has 0 bridgehead atoms. The van der Waals surface area contributed by atoms with Crippen LogP contribution < -0.4 is 4.62 Å². The van der Waals surface area contributed by atoms with Crippen molar-refractivity contribution in [2.45, 2.75) is 0 Å². The molecule has 0 aliphatic rings. The van der Waals surface area contributed by atoms with Crippen LogP contribution in [0.15, 0.2) is 24.3 Å². The summed E-state index contributed by atoms with van der Waals surface area (Å²) >= 11 is 0. The van der Waals surface area contributed by atoms with Gasteiger partial charge >= 0.3 is 119 Å². The van der Waals surface area contributed by atoms with Crippen molar-refractivity contribution in [1.82, 2.24) is 29.2 Å². The van der Waals surface area contributed by atoms with Crippen molar-refractivity contribution in [1.29, 1.82) is 0 Å². The van der Waals surface area contributed by atoms with Gasteiger partial charge in [0.15, 0.2) is 0 Å². The molecule has 0 N–H and O–H groups in total. The van der Waals surface area contributed by atoms with Crippen molar-refractivity contribution in [3.8, 4) is 0 Å². The van der Waals surface area contributed by atoms with E-state index in [0.29, 0.717) is 0 Å². The Labute approximate surface area is 148 Å². The van der Waals surface area contributed by atoms with E-state index in [2.05, 4.69) is 24.3 Å². The Morgan fingerprint density at radius 1 is 0.769 bits per heavy atom. The normalized spacial score (nSPS) is 10.5. The Morgan fingerprint density at radius 2 is 1.19 bits per heavy atom. The van der Waals surface area contributed by atoms with Gasteiger partial charge in [-0.1, -0.05) is 0 Å². The Bertz CT molecular complexity index is 581. The van der Waals surface area contributed by atoms with Crippen molar-refractivity contribution in [2.75, 3.05) is 42.3 Å². The molecule has 0 saturated heterocycles. The number of rotatable bonds is 5. The van der Waals surface area contributed by atoms with E-state index >= 15 is 0 Å². The number of benzene rings is 1. The van der Waals surface area contributed by atoms with Crippen molar-refractivity contribution in [3.05, 3.63) is 24.3 Å². The van der Waals surface area contributed by atoms with Gasteiger partial charge in [-0.3, -0.25) is 28.2 Å². The fourth-order valence-electron chi connectivity index (χ4n) is 2.48. The minimum atomic E-state index is -2.49. The maximum atomic E-state index is 6.30. The molecule has 26 heavy (non-hydrogen) atoms. The van der Waals surface area contributed by atoms with Crippen molar-refractivity contribution >= 4 is 19.0 Å². The predicted molar refractivity (Wildman–Crippen MR) is 98.5 cm³/mol. The van der Waals surface area contributed by atoms with Gasteiger partial charge in [0.05, 0.1) is 0 Å². The third kappa shape index (κ3) is 5.94. The van der Waals surface area contributed by atoms with E-state index in [4.69, 9.17) is 4.62 Å². The van der Waals surface area contributed by atoms with Crippen LogP contribution in [-0.4, -0.2) is 71.5 Å². The van der Waals surface area contributed by atoms with Gasteiger partial charge in [0.25, 0.3) is 0 Å². The summed E-state index contributed by atoms with van der Waals surface area (Å²) in [6.07, 6.45) is 0. The first-order chi connectivity index (χ1) is 9.39. The Morgan fingerprint density at radius 3 is 1.62 bits per heavy atom. The number of hydrogen-bond acceptors (Lipinski definition) is 6. The van der Waals surface area contributed by atoms with Gasteiger partial charge in [-0.25, -0.2) is 0 Å². The van der Waals surface area contributed by atoms with E-state index in [-0.39, 0.29) is 28.2 Å². The van der Waals surface area contributed by atoms with Gasteiger partial charge < -0.3 is 0 Å². The third-order valence-electron chi connectivity index (χ3n) is 3.28. The van der Waals surface area contributed by atoms with Crippen molar-refractivity contribution in [3.63, 3.8) is 0 Å². The molecular weight excluding hydrogens is 389 g/mol. The summed E-state index contributed by atoms with van der Waals surface area (Å²) in [7, 11) is 9.63. The summed E-state index contributed by atoms with van der Waals surface area (Å²) in [5, 5.41) is 8.26. The fraction of sp³-hybridized carbons (Fsp3) is 0.500. The molecule has 0 saturated carbocycles. The van der Waals surface area contributed by atoms with E-state index in [9.17, 15) is 0 Å². The van der Waals surface area contributed by atoms with E-state index < -0.39 is 7.94 Å². The molecule has 2 rings (SSSR count). The van der Waals surface area contributed by atoms with Crippen LogP contribution in [0.25, 0.3) is 11.0 Å². The summed E-state index contributed by atoms with van der Waals surface area (Å²) in [6.45, 7) is 0. The van der Waals surface area contributed by atoms with Crippen LogP contribution >= 0.6 is 7.94 Å². The molecule has 14 heteroatoms. The van der Waals surface area contributed by atoms with Crippen molar-refractivity contribution in [2.24, 2.45) is 0 Å². The topological polar surface area (TPSA) is 49.7 Å². The molecule has 0 amide bonds. The zero-order chi connectivity index (χ0) is 14.9. The summed E-state index contributed by atoms with van der Waals surface area (Å²) in [5.74, 6) is 0. The molecular formula is C12H29F6N6OP. The molecule has 0 atom stereocenters. The van der Waals surface area contributed by atoms with Gasteiger partial charge in [0.1, 0.15) is 0 Å². The molecule has 7 nitrogen and oxygen atoms in total. The van der Waals surface area contributed by atoms with E-state index in [1.165, 1.54) is 4.85 Å². The zero-order valence-corrected chi connectivity index (χ0v) is 16.4. The van der Waals surface area contributed by atoms with Crippen LogP contribution in [0, 0.1) is 0 Å². The molecule has 1 aromatic carbocycles. The molecule has 0 unspecified atom stereocenters. The molecule has 1 aromatic heterocycles. The van der Waals surface area contributed by atoms with Crippen LogP contribution in [0.3, 0.4) is 0 Å². The van der Waals surface area contributed by atoms with Gasteiger partial charge in [-0.2, -0.15) is 0 Å². The largest absolute Gasteiger partial charge is 0.269 e. The number of hydrogen-bond donors (Lipinski definition) is 0. The fourth-order valence-corrected chi connectivity index (χ4v) is 5.73. The van der Waals surface area contributed by atoms with Crippen LogP contribution in [0.1, 0.15) is 0 Å². The first-order valence-electron chi connectivity index (χ1n) is 6.42. The summed E-state index contributed by atoms with van der Waals surface area (Å²) < 4.78 is 12.6. The number of halogens is 6. The average molecular weight is 418 g/mol. The number of nitrogens with zero attached hydrogens (tertiary/aromatic N) is 6. The van der Waals surface area contributed by atoms with Crippen molar-refractivity contribution < 1.29 is 32.9 Å². The predicted octanol–water partition coefficient (Wildman–Crippen LogP) is 1.87. The Kier molecular flexibility index (Phi) is 18.4. The summed E-state index contributed by atoms with van der Waals surface area (Å²) in [4.78, 5) is 1.53. The van der Waals surface area contributed by atoms with Gasteiger partial charge in [0, 0.05) is 0 Å². The summed E-state index contributed by atoms with van der Waals surface area (Å²) in [6, 6.07) is 7.77. The molecule has 0 aliphatic heterocycles. The first kappa shape index (κ1) is 35.4. The number of para-hydroxylation sites is 1. The minimum absolute atomic E-state index is 0. The maximum absolute atomic E-state index is 6.30. The molecule has 1 heterocycles. The molecule has 0 spiro atoms. The van der Waals surface area contributed by atoms with E-state index in [0.717, 1.165) is 11.0 Å². The smallest absolute Gasteiger partial charge is 0.269 e. The SMILES string of the molecule is CN(C)[PH](On1nnc2ccccc21)(N(C)C)N(C)C.F.F.F.F.F.F. The first-order valence-corrected chi connectivity index (χ1v) is 8.17. The van der Waals surface area contributed by atoms with Gasteiger partial charge in [-0.15, -0.1) is 0 Å². The Hall–Kier alpha value is -1.69. The maximum Gasteiger partial charge on any atom is -0.269 e. The molecule has 160 valence electrons. The van der Waals surface area contributed by atoms with E-state index in [1.54, 1.807) is 0 Å². The molecule has 0 radical (unpaired) electrons. The molecule has 0 fully saturated rings. The second-order valence-corrected chi connectivity index (χ2v) is 9.31. The second kappa shape index (κ2) is 13.5. The van der Waals surface area contributed by atoms with Gasteiger partial charge in [-0.05, 0) is 0 Å². The minimum Gasteiger partial charge on any atom is -0.269 e. The van der Waals surface area contributed by atoms with E-state index in [1.807, 2.05) is 66.6 Å². The molecule has 2 aromatic rings. The standard InChI is InChI=1S/C12H23N6OP.6FH/c1-15(2)20(16(3)4,17(5)6)19-18-12-10-8-7-9-11(12)13-14-18;;;;;;/h7-10,20H,1-6H3;6*1H. The average Bonchev–Trinajstić information content (AvgIpc) is 2.77. The monoisotopic (exact) mass is 418 g/mol. The van der Waals surface area contributed by atoms with Crippen LogP contribution in [0.4, 0.5) is 28.2 Å². The second-order valence-electron chi connectivity index (χ2n) is 5.30. The number of fused-ring (bicyclic) bond motifs is 1. The zero-order valence-electron chi connectivity index (χ0n) is 15.4. The summed E-state index contributed by atoms with van der Waals surface area (Å²) in [5.41, 5.74) is 1.70.